The summed E-state index contributed by atoms with van der Waals surface area (Å²) in [6, 6.07) is 3.45. The number of aromatic hydroxyl groups is 4. The first kappa shape index (κ1) is 31.8. The molecule has 4 rings (SSSR count). The molecule has 0 heterocycles. The second-order valence-electron chi connectivity index (χ2n) is 8.34. The number of halogens is 12. The first-order valence-corrected chi connectivity index (χ1v) is 10.9. The van der Waals surface area contributed by atoms with Gasteiger partial charge in [0.25, 0.3) is 0 Å². The van der Waals surface area contributed by atoms with E-state index < -0.39 is 110 Å². The number of hydrogen-bond donors (Lipinski definition) is 4. The SMILES string of the molecule is Oc1c(F)c(F)c(Cc2c(F)c(F)c(O)c(F)c2F)c(F)c1F.Oc1c(F)cc(Cc2cc(F)c(O)c(F)c2)cc1F. The van der Waals surface area contributed by atoms with Crippen LogP contribution in [-0.4, -0.2) is 20.4 Å². The minimum atomic E-state index is -2.25. The molecule has 4 N–H and O–H groups in total. The maximum Gasteiger partial charge on any atom is 0.203 e. The highest BCUT2D eigenvalue weighted by Gasteiger charge is 2.30. The summed E-state index contributed by atoms with van der Waals surface area (Å²) in [5, 5.41) is 35.4. The zero-order valence-corrected chi connectivity index (χ0v) is 20.0. The Hall–Kier alpha value is -4.76. The van der Waals surface area contributed by atoms with Crippen LogP contribution >= 0.6 is 0 Å². The maximum atomic E-state index is 13.5. The summed E-state index contributed by atoms with van der Waals surface area (Å²) in [5.41, 5.74) is -3.03. The van der Waals surface area contributed by atoms with Gasteiger partial charge in [0.05, 0.1) is 0 Å². The van der Waals surface area contributed by atoms with Crippen LogP contribution in [0.1, 0.15) is 22.3 Å². The van der Waals surface area contributed by atoms with Gasteiger partial charge in [0.15, 0.2) is 69.5 Å². The second kappa shape index (κ2) is 12.0. The lowest BCUT2D eigenvalue weighted by Crippen LogP contribution is -2.09. The molecule has 0 spiro atoms. The zero-order valence-electron chi connectivity index (χ0n) is 20.0. The average Bonchev–Trinajstić information content (AvgIpc) is 2.94. The summed E-state index contributed by atoms with van der Waals surface area (Å²) in [4.78, 5) is 0. The van der Waals surface area contributed by atoms with Gasteiger partial charge < -0.3 is 20.4 Å². The Kier molecular flexibility index (Phi) is 9.08. The van der Waals surface area contributed by atoms with Crippen LogP contribution in [0.2, 0.25) is 0 Å². The van der Waals surface area contributed by atoms with E-state index in [2.05, 4.69) is 0 Å². The van der Waals surface area contributed by atoms with Gasteiger partial charge in [0.2, 0.25) is 23.3 Å². The summed E-state index contributed by atoms with van der Waals surface area (Å²) < 4.78 is 159. The van der Waals surface area contributed by atoms with Crippen LogP contribution in [0.5, 0.6) is 23.0 Å². The predicted octanol–water partition coefficient (Wildman–Crippen LogP) is 7.05. The van der Waals surface area contributed by atoms with Crippen molar-refractivity contribution in [2.24, 2.45) is 0 Å². The molecule has 0 aromatic heterocycles. The topological polar surface area (TPSA) is 80.9 Å². The van der Waals surface area contributed by atoms with E-state index in [9.17, 15) is 52.7 Å². The van der Waals surface area contributed by atoms with E-state index in [1.54, 1.807) is 0 Å². The molecule has 42 heavy (non-hydrogen) atoms. The van der Waals surface area contributed by atoms with Crippen LogP contribution < -0.4 is 0 Å². The number of phenolic OH excluding ortho intramolecular Hbond substituents is 4. The van der Waals surface area contributed by atoms with E-state index in [-0.39, 0.29) is 17.5 Å². The number of phenols is 4. The lowest BCUT2D eigenvalue weighted by atomic mass is 10.0. The first-order valence-electron chi connectivity index (χ1n) is 10.9. The molecule has 0 saturated heterocycles. The third kappa shape index (κ3) is 5.96. The molecule has 0 bridgehead atoms. The van der Waals surface area contributed by atoms with Gasteiger partial charge in [-0.1, -0.05) is 0 Å². The van der Waals surface area contributed by atoms with Crippen LogP contribution in [-0.2, 0) is 12.8 Å². The lowest BCUT2D eigenvalue weighted by Gasteiger charge is -2.11. The Morgan fingerprint density at radius 2 is 0.571 bits per heavy atom. The Morgan fingerprint density at radius 1 is 0.333 bits per heavy atom. The van der Waals surface area contributed by atoms with E-state index in [0.717, 1.165) is 24.3 Å². The van der Waals surface area contributed by atoms with E-state index in [1.807, 2.05) is 0 Å². The number of hydrogen-bond acceptors (Lipinski definition) is 4. The van der Waals surface area contributed by atoms with E-state index in [0.29, 0.717) is 0 Å². The van der Waals surface area contributed by atoms with Gasteiger partial charge in [0.1, 0.15) is 0 Å². The molecule has 0 aliphatic heterocycles. The smallest absolute Gasteiger partial charge is 0.203 e. The minimum absolute atomic E-state index is 0.0947. The van der Waals surface area contributed by atoms with Gasteiger partial charge in [0, 0.05) is 17.5 Å². The molecule has 0 aliphatic carbocycles. The highest BCUT2D eigenvalue weighted by Crippen LogP contribution is 2.34. The lowest BCUT2D eigenvalue weighted by molar-refractivity contribution is 0.345. The monoisotopic (exact) mass is 616 g/mol. The predicted molar refractivity (Wildman–Crippen MR) is 118 cm³/mol. The van der Waals surface area contributed by atoms with Crippen molar-refractivity contribution in [3.8, 4) is 23.0 Å². The molecule has 16 heteroatoms. The van der Waals surface area contributed by atoms with Gasteiger partial charge in [-0.3, -0.25) is 0 Å². The third-order valence-corrected chi connectivity index (χ3v) is 5.58. The van der Waals surface area contributed by atoms with Gasteiger partial charge in [-0.2, -0.15) is 17.6 Å². The fourth-order valence-electron chi connectivity index (χ4n) is 3.49. The van der Waals surface area contributed by atoms with Gasteiger partial charge in [-0.25, -0.2) is 35.1 Å². The molecule has 224 valence electrons. The molecule has 0 amide bonds. The zero-order chi connectivity index (χ0) is 31.8. The molecule has 0 unspecified atom stereocenters. The molecule has 0 radical (unpaired) electrons. The standard InChI is InChI=1S/C13H4F8O2.C13H8F4O2/c14-4-2(5(15)9(19)12(22)8(4)18)1-3-6(16)10(20)13(23)11(21)7(3)17;14-8-2-6(3-9(15)12(8)18)1-7-4-10(16)13(19)11(17)5-7/h22-23H,1H2;2-5,18-19H,1H2. The molecule has 4 nitrogen and oxygen atoms in total. The molecule has 0 fully saturated rings. The largest absolute Gasteiger partial charge is 0.503 e. The van der Waals surface area contributed by atoms with Crippen LogP contribution in [0.15, 0.2) is 24.3 Å². The van der Waals surface area contributed by atoms with Crippen molar-refractivity contribution in [1.82, 2.24) is 0 Å². The van der Waals surface area contributed by atoms with Crippen molar-refractivity contribution in [2.45, 2.75) is 12.8 Å². The van der Waals surface area contributed by atoms with Crippen LogP contribution in [0, 0.1) is 69.8 Å². The van der Waals surface area contributed by atoms with Gasteiger partial charge >= 0.3 is 0 Å². The van der Waals surface area contributed by atoms with Crippen molar-refractivity contribution in [3.05, 3.63) is 116 Å². The van der Waals surface area contributed by atoms with Crippen molar-refractivity contribution >= 4 is 0 Å². The first-order chi connectivity index (χ1) is 19.5. The summed E-state index contributed by atoms with van der Waals surface area (Å²) >= 11 is 0. The highest BCUT2D eigenvalue weighted by molar-refractivity contribution is 5.40. The van der Waals surface area contributed by atoms with E-state index >= 15 is 0 Å². The van der Waals surface area contributed by atoms with Gasteiger partial charge in [-0.15, -0.1) is 0 Å². The van der Waals surface area contributed by atoms with Crippen molar-refractivity contribution < 1.29 is 73.1 Å². The van der Waals surface area contributed by atoms with Crippen LogP contribution in [0.3, 0.4) is 0 Å². The van der Waals surface area contributed by atoms with Crippen LogP contribution in [0.25, 0.3) is 0 Å². The molecule has 0 atom stereocenters. The fourth-order valence-corrected chi connectivity index (χ4v) is 3.49. The van der Waals surface area contributed by atoms with Gasteiger partial charge in [-0.05, 0) is 41.8 Å². The minimum Gasteiger partial charge on any atom is -0.503 e. The summed E-state index contributed by atoms with van der Waals surface area (Å²) in [6.07, 6.45) is -1.78. The average molecular weight is 616 g/mol. The fraction of sp³-hybridized carbons (Fsp3) is 0.0769. The maximum absolute atomic E-state index is 13.5. The van der Waals surface area contributed by atoms with E-state index in [4.69, 9.17) is 20.4 Å². The third-order valence-electron chi connectivity index (χ3n) is 5.58. The number of rotatable bonds is 4. The van der Waals surface area contributed by atoms with Crippen molar-refractivity contribution in [3.63, 3.8) is 0 Å². The highest BCUT2D eigenvalue weighted by atomic mass is 19.2. The number of benzene rings is 4. The molecule has 0 saturated carbocycles. The Balaban J connectivity index is 0.000000235. The summed E-state index contributed by atoms with van der Waals surface area (Å²) in [7, 11) is 0. The second-order valence-corrected chi connectivity index (χ2v) is 8.34. The Bertz CT molecular complexity index is 1480. The molecule has 4 aromatic carbocycles. The van der Waals surface area contributed by atoms with Crippen molar-refractivity contribution in [1.29, 1.82) is 0 Å². The normalized spacial score (nSPS) is 11.0. The Morgan fingerprint density at radius 3 is 0.810 bits per heavy atom. The van der Waals surface area contributed by atoms with Crippen molar-refractivity contribution in [2.75, 3.05) is 0 Å². The van der Waals surface area contributed by atoms with Crippen LogP contribution in [0.4, 0.5) is 52.7 Å². The molecule has 0 aliphatic rings. The molecular formula is C26H12F12O4. The Labute approximate surface area is 226 Å². The quantitative estimate of drug-likeness (QED) is 0.147. The molecular weight excluding hydrogens is 604 g/mol. The summed E-state index contributed by atoms with van der Waals surface area (Å²) in [5.74, 6) is -28.7. The molecule has 4 aromatic rings. The van der Waals surface area contributed by atoms with E-state index in [1.165, 1.54) is 0 Å². The summed E-state index contributed by atoms with van der Waals surface area (Å²) in [6.45, 7) is 0.